The molecule has 0 saturated heterocycles. The van der Waals surface area contributed by atoms with Gasteiger partial charge >= 0.3 is 11.8 Å². The lowest BCUT2D eigenvalue weighted by Gasteiger charge is -2.13. The largest absolute Gasteiger partial charge is 0.483 e. The van der Waals surface area contributed by atoms with Gasteiger partial charge in [0.2, 0.25) is 0 Å². The average molecular weight is 300 g/mol. The quantitative estimate of drug-likeness (QED) is 0.817. The van der Waals surface area contributed by atoms with Gasteiger partial charge in [-0.05, 0) is 26.0 Å². The summed E-state index contributed by atoms with van der Waals surface area (Å²) in [7, 11) is 0. The summed E-state index contributed by atoms with van der Waals surface area (Å²) in [5, 5.41) is -0.245. The third-order valence-electron chi connectivity index (χ3n) is 2.91. The summed E-state index contributed by atoms with van der Waals surface area (Å²) >= 11 is 0. The van der Waals surface area contributed by atoms with Gasteiger partial charge in [0.05, 0.1) is 5.56 Å². The lowest BCUT2D eigenvalue weighted by molar-refractivity contribution is -0.136. The molecule has 1 heterocycles. The zero-order valence-electron chi connectivity index (χ0n) is 11.2. The number of hydrogen-bond donors (Lipinski definition) is 0. The van der Waals surface area contributed by atoms with Crippen LogP contribution in [0.4, 0.5) is 13.2 Å². The van der Waals surface area contributed by atoms with E-state index in [9.17, 15) is 22.8 Å². The Morgan fingerprint density at radius 3 is 2.52 bits per heavy atom. The molecule has 1 aromatic heterocycles. The van der Waals surface area contributed by atoms with Crippen molar-refractivity contribution in [3.05, 3.63) is 40.2 Å². The van der Waals surface area contributed by atoms with Crippen LogP contribution < -0.4 is 10.4 Å². The number of halogens is 3. The molecule has 0 aliphatic heterocycles. The summed E-state index contributed by atoms with van der Waals surface area (Å²) in [6.07, 6.45) is -5.41. The molecule has 1 unspecified atom stereocenters. The van der Waals surface area contributed by atoms with Gasteiger partial charge in [0.15, 0.2) is 11.9 Å². The van der Waals surface area contributed by atoms with Crippen LogP contribution in [0, 0.1) is 0 Å². The smallest absolute Gasteiger partial charge is 0.417 e. The number of ether oxygens (including phenoxy) is 1. The lowest BCUT2D eigenvalue weighted by atomic mass is 10.1. The van der Waals surface area contributed by atoms with E-state index < -0.39 is 23.5 Å². The zero-order valence-corrected chi connectivity index (χ0v) is 11.2. The normalized spacial score (nSPS) is 13.2. The molecule has 2 rings (SSSR count). The summed E-state index contributed by atoms with van der Waals surface area (Å²) < 4.78 is 48.6. The molecule has 21 heavy (non-hydrogen) atoms. The van der Waals surface area contributed by atoms with Gasteiger partial charge < -0.3 is 9.15 Å². The molecule has 0 N–H and O–H groups in total. The highest BCUT2D eigenvalue weighted by atomic mass is 19.4. The molecule has 0 aliphatic carbocycles. The first-order valence-electron chi connectivity index (χ1n) is 6.00. The van der Waals surface area contributed by atoms with Crippen LogP contribution in [0.1, 0.15) is 19.4 Å². The number of Topliss-reactive ketones (excluding diaryl/α,β-unsaturated/α-hetero) is 1. The molecular formula is C14H11F3O4. The lowest BCUT2D eigenvalue weighted by Crippen LogP contribution is -2.20. The maximum atomic E-state index is 12.9. The number of fused-ring (bicyclic) bond motifs is 1. The number of carbonyl (C=O) groups excluding carboxylic acids is 1. The van der Waals surface area contributed by atoms with Gasteiger partial charge in [-0.15, -0.1) is 0 Å². The van der Waals surface area contributed by atoms with Gasteiger partial charge in [0, 0.05) is 17.5 Å². The molecule has 0 amide bonds. The molecule has 1 aromatic carbocycles. The molecule has 7 heteroatoms. The molecule has 0 aliphatic rings. The number of carbonyl (C=O) groups is 1. The van der Waals surface area contributed by atoms with Crippen molar-refractivity contribution in [2.24, 2.45) is 0 Å². The number of rotatable bonds is 3. The summed E-state index contributed by atoms with van der Waals surface area (Å²) in [5.41, 5.74) is -2.42. The van der Waals surface area contributed by atoms with Gasteiger partial charge in [-0.1, -0.05) is 0 Å². The fourth-order valence-corrected chi connectivity index (χ4v) is 1.74. The summed E-state index contributed by atoms with van der Waals surface area (Å²) in [6, 6.07) is 3.99. The van der Waals surface area contributed by atoms with Crippen LogP contribution >= 0.6 is 0 Å². The second kappa shape index (κ2) is 5.23. The van der Waals surface area contributed by atoms with E-state index in [4.69, 9.17) is 9.15 Å². The molecule has 0 fully saturated rings. The predicted octanol–water partition coefficient (Wildman–Crippen LogP) is 3.17. The number of benzene rings is 1. The van der Waals surface area contributed by atoms with E-state index in [2.05, 4.69) is 0 Å². The molecule has 2 aromatic rings. The predicted molar refractivity (Wildman–Crippen MR) is 68.3 cm³/mol. The van der Waals surface area contributed by atoms with Crippen molar-refractivity contribution in [1.29, 1.82) is 0 Å². The number of alkyl halides is 3. The Morgan fingerprint density at radius 1 is 1.29 bits per heavy atom. The fraction of sp³-hybridized carbons (Fsp3) is 0.286. The van der Waals surface area contributed by atoms with E-state index in [0.29, 0.717) is 6.07 Å². The Balaban J connectivity index is 2.54. The van der Waals surface area contributed by atoms with E-state index in [0.717, 1.165) is 12.1 Å². The third kappa shape index (κ3) is 3.24. The third-order valence-corrected chi connectivity index (χ3v) is 2.91. The standard InChI is InChI=1S/C14H11F3O4/c1-7(18)8(2)20-9-3-4-10-11(14(15,16)17)6-13(19)21-12(10)5-9/h3-6,8H,1-2H3. The van der Waals surface area contributed by atoms with Crippen LogP contribution in [0.25, 0.3) is 11.0 Å². The van der Waals surface area contributed by atoms with Gasteiger partial charge in [0.25, 0.3) is 0 Å². The molecule has 0 saturated carbocycles. The van der Waals surface area contributed by atoms with Gasteiger partial charge in [-0.3, -0.25) is 4.79 Å². The summed E-state index contributed by atoms with van der Waals surface area (Å²) in [5.74, 6) is -0.0896. The molecule has 1 atom stereocenters. The minimum Gasteiger partial charge on any atom is -0.483 e. The van der Waals surface area contributed by atoms with Crippen molar-refractivity contribution in [2.75, 3.05) is 0 Å². The first-order chi connectivity index (χ1) is 9.68. The SMILES string of the molecule is CC(=O)C(C)Oc1ccc2c(C(F)(F)F)cc(=O)oc2c1. The second-order valence-electron chi connectivity index (χ2n) is 4.51. The Bertz CT molecular complexity index is 746. The highest BCUT2D eigenvalue weighted by molar-refractivity contribution is 5.83. The van der Waals surface area contributed by atoms with Gasteiger partial charge in [0.1, 0.15) is 11.3 Å². The minimum atomic E-state index is -4.66. The fourth-order valence-electron chi connectivity index (χ4n) is 1.74. The Kier molecular flexibility index (Phi) is 3.76. The average Bonchev–Trinajstić information content (AvgIpc) is 2.36. The molecule has 4 nitrogen and oxygen atoms in total. The number of ketones is 1. The zero-order chi connectivity index (χ0) is 15.8. The Labute approximate surface area is 117 Å². The van der Waals surface area contributed by atoms with Crippen LogP contribution in [-0.2, 0) is 11.0 Å². The topological polar surface area (TPSA) is 56.5 Å². The van der Waals surface area contributed by atoms with Crippen molar-refractivity contribution in [3.63, 3.8) is 0 Å². The van der Waals surface area contributed by atoms with E-state index in [1.807, 2.05) is 0 Å². The molecule has 112 valence electrons. The molecule has 0 spiro atoms. The van der Waals surface area contributed by atoms with Crippen molar-refractivity contribution in [3.8, 4) is 5.75 Å². The summed E-state index contributed by atoms with van der Waals surface area (Å²) in [4.78, 5) is 22.3. The Morgan fingerprint density at radius 2 is 1.95 bits per heavy atom. The molecule has 0 radical (unpaired) electrons. The van der Waals surface area contributed by atoms with Crippen molar-refractivity contribution in [2.45, 2.75) is 26.1 Å². The van der Waals surface area contributed by atoms with Crippen LogP contribution in [0.2, 0.25) is 0 Å². The van der Waals surface area contributed by atoms with Gasteiger partial charge in [-0.25, -0.2) is 4.79 Å². The second-order valence-corrected chi connectivity index (χ2v) is 4.51. The van der Waals surface area contributed by atoms with Gasteiger partial charge in [-0.2, -0.15) is 13.2 Å². The number of hydrogen-bond acceptors (Lipinski definition) is 4. The van der Waals surface area contributed by atoms with E-state index in [1.54, 1.807) is 0 Å². The highest BCUT2D eigenvalue weighted by Crippen LogP contribution is 2.34. The van der Waals surface area contributed by atoms with Crippen LogP contribution in [0.5, 0.6) is 5.75 Å². The Hall–Kier alpha value is -2.31. The van der Waals surface area contributed by atoms with E-state index >= 15 is 0 Å². The first kappa shape index (κ1) is 15.1. The monoisotopic (exact) mass is 300 g/mol. The minimum absolute atomic E-state index is 0.146. The van der Waals surface area contributed by atoms with E-state index in [1.165, 1.54) is 19.9 Å². The maximum Gasteiger partial charge on any atom is 0.417 e. The highest BCUT2D eigenvalue weighted by Gasteiger charge is 2.33. The van der Waals surface area contributed by atoms with Crippen LogP contribution in [0.15, 0.2) is 33.5 Å². The van der Waals surface area contributed by atoms with Crippen molar-refractivity contribution >= 4 is 16.8 Å². The van der Waals surface area contributed by atoms with Crippen LogP contribution in [0.3, 0.4) is 0 Å². The maximum absolute atomic E-state index is 12.9. The summed E-state index contributed by atoms with van der Waals surface area (Å²) in [6.45, 7) is 2.84. The van der Waals surface area contributed by atoms with Crippen LogP contribution in [-0.4, -0.2) is 11.9 Å². The van der Waals surface area contributed by atoms with Crippen molar-refractivity contribution in [1.82, 2.24) is 0 Å². The van der Waals surface area contributed by atoms with Crippen molar-refractivity contribution < 1.29 is 27.1 Å². The molecular weight excluding hydrogens is 289 g/mol. The first-order valence-corrected chi connectivity index (χ1v) is 6.00. The molecule has 0 bridgehead atoms. The van der Waals surface area contributed by atoms with E-state index in [-0.39, 0.29) is 22.5 Å².